The fourth-order valence-electron chi connectivity index (χ4n) is 4.42. The normalized spacial score (nSPS) is 18.9. The fraction of sp³-hybridized carbons (Fsp3) is 0.333. The number of Topliss-reactive ketones (excluding diaryl/α,β-unsaturated/α-hetero) is 1. The number of benzene rings is 2. The second kappa shape index (κ2) is 8.22. The predicted octanol–water partition coefficient (Wildman–Crippen LogP) is 4.24. The summed E-state index contributed by atoms with van der Waals surface area (Å²) in [5.74, 6) is 1.67. The van der Waals surface area contributed by atoms with Crippen molar-refractivity contribution in [3.8, 4) is 17.2 Å². The molecular weight excluding hydrogens is 382 g/mol. The highest BCUT2D eigenvalue weighted by Gasteiger charge is 2.40. The maximum Gasteiger partial charge on any atom is 0.232 e. The van der Waals surface area contributed by atoms with Gasteiger partial charge >= 0.3 is 0 Å². The zero-order valence-electron chi connectivity index (χ0n) is 17.4. The fourth-order valence-corrected chi connectivity index (χ4v) is 4.42. The predicted molar refractivity (Wildman–Crippen MR) is 113 cm³/mol. The molecule has 6 nitrogen and oxygen atoms in total. The third-order valence-corrected chi connectivity index (χ3v) is 5.80. The van der Waals surface area contributed by atoms with E-state index in [4.69, 9.17) is 14.2 Å². The zero-order valence-corrected chi connectivity index (χ0v) is 17.4. The lowest BCUT2D eigenvalue weighted by atomic mass is 9.76. The third kappa shape index (κ3) is 3.43. The summed E-state index contributed by atoms with van der Waals surface area (Å²) in [5, 5.41) is 0. The van der Waals surface area contributed by atoms with Gasteiger partial charge in [-0.1, -0.05) is 6.07 Å². The summed E-state index contributed by atoms with van der Waals surface area (Å²) in [6.45, 7) is 0. The van der Waals surface area contributed by atoms with E-state index in [1.165, 1.54) is 0 Å². The van der Waals surface area contributed by atoms with Crippen LogP contribution >= 0.6 is 0 Å². The van der Waals surface area contributed by atoms with Gasteiger partial charge in [0.05, 0.1) is 27.0 Å². The molecule has 0 bridgehead atoms. The summed E-state index contributed by atoms with van der Waals surface area (Å²) in [6, 6.07) is 12.9. The topological polar surface area (TPSA) is 65.1 Å². The van der Waals surface area contributed by atoms with Crippen molar-refractivity contribution in [1.82, 2.24) is 0 Å². The first kappa shape index (κ1) is 20.0. The minimum Gasteiger partial charge on any atom is -0.497 e. The van der Waals surface area contributed by atoms with Gasteiger partial charge in [0, 0.05) is 41.7 Å². The molecular formula is C24H25NO5. The lowest BCUT2D eigenvalue weighted by Crippen LogP contribution is -2.40. The molecule has 1 aliphatic heterocycles. The first-order valence-corrected chi connectivity index (χ1v) is 10.0. The van der Waals surface area contributed by atoms with Crippen LogP contribution in [0.25, 0.3) is 0 Å². The van der Waals surface area contributed by atoms with Crippen LogP contribution in [-0.2, 0) is 9.59 Å². The Morgan fingerprint density at radius 1 is 0.900 bits per heavy atom. The van der Waals surface area contributed by atoms with Crippen molar-refractivity contribution < 1.29 is 23.8 Å². The number of anilines is 1. The maximum atomic E-state index is 13.4. The summed E-state index contributed by atoms with van der Waals surface area (Å²) in [6.07, 6.45) is 2.08. The second-order valence-electron chi connectivity index (χ2n) is 7.43. The molecule has 1 aliphatic carbocycles. The van der Waals surface area contributed by atoms with Gasteiger partial charge in [-0.2, -0.15) is 0 Å². The van der Waals surface area contributed by atoms with Crippen LogP contribution in [0.5, 0.6) is 17.2 Å². The lowest BCUT2D eigenvalue weighted by molar-refractivity contribution is -0.119. The first-order valence-electron chi connectivity index (χ1n) is 10.0. The maximum absolute atomic E-state index is 13.4. The van der Waals surface area contributed by atoms with Gasteiger partial charge in [-0.05, 0) is 43.2 Å². The van der Waals surface area contributed by atoms with Gasteiger partial charge in [0.1, 0.15) is 17.2 Å². The average molecular weight is 407 g/mol. The number of allylic oxidation sites excluding steroid dienone is 2. The highest BCUT2D eigenvalue weighted by Crippen LogP contribution is 2.46. The third-order valence-electron chi connectivity index (χ3n) is 5.80. The highest BCUT2D eigenvalue weighted by molar-refractivity contribution is 6.07. The van der Waals surface area contributed by atoms with Gasteiger partial charge < -0.3 is 14.2 Å². The summed E-state index contributed by atoms with van der Waals surface area (Å²) >= 11 is 0. The molecule has 1 unspecified atom stereocenters. The molecule has 1 atom stereocenters. The van der Waals surface area contributed by atoms with Crippen molar-refractivity contribution in [3.63, 3.8) is 0 Å². The number of carbonyl (C=O) groups excluding carboxylic acids is 2. The molecule has 0 radical (unpaired) electrons. The van der Waals surface area contributed by atoms with Crippen molar-refractivity contribution in [2.45, 2.75) is 31.6 Å². The smallest absolute Gasteiger partial charge is 0.232 e. The Kier molecular flexibility index (Phi) is 5.48. The molecule has 0 saturated heterocycles. The van der Waals surface area contributed by atoms with Crippen LogP contribution in [-0.4, -0.2) is 33.0 Å². The number of amides is 1. The summed E-state index contributed by atoms with van der Waals surface area (Å²) in [7, 11) is 4.78. The number of hydrogen-bond donors (Lipinski definition) is 0. The van der Waals surface area contributed by atoms with Crippen molar-refractivity contribution in [2.24, 2.45) is 0 Å². The van der Waals surface area contributed by atoms with E-state index in [9.17, 15) is 9.59 Å². The Morgan fingerprint density at radius 2 is 1.67 bits per heavy atom. The van der Waals surface area contributed by atoms with Crippen LogP contribution in [0.4, 0.5) is 5.69 Å². The molecule has 6 heteroatoms. The number of ketones is 1. The van der Waals surface area contributed by atoms with Crippen molar-refractivity contribution >= 4 is 17.4 Å². The molecule has 0 N–H and O–H groups in total. The molecule has 2 aromatic rings. The molecule has 156 valence electrons. The average Bonchev–Trinajstić information content (AvgIpc) is 2.78. The van der Waals surface area contributed by atoms with E-state index in [-0.39, 0.29) is 24.0 Å². The molecule has 1 amide bonds. The monoisotopic (exact) mass is 407 g/mol. The minimum atomic E-state index is -0.354. The standard InChI is InChI=1S/C24H25NO5/c1-28-16-7-4-6-15(12-16)25-20-8-5-9-21(26)24(20)19(14-23(25)27)18-13-17(29-2)10-11-22(18)30-3/h4,6-7,10-13,19H,5,8-9,14H2,1-3H3. The molecule has 0 saturated carbocycles. The Balaban J connectivity index is 1.88. The van der Waals surface area contributed by atoms with Gasteiger partial charge in [-0.3, -0.25) is 14.5 Å². The van der Waals surface area contributed by atoms with Crippen LogP contribution < -0.4 is 19.1 Å². The van der Waals surface area contributed by atoms with Crippen LogP contribution in [0.2, 0.25) is 0 Å². The van der Waals surface area contributed by atoms with Crippen LogP contribution in [0.15, 0.2) is 53.7 Å². The molecule has 0 aromatic heterocycles. The molecule has 2 aromatic carbocycles. The quantitative estimate of drug-likeness (QED) is 0.742. The molecule has 0 spiro atoms. The lowest BCUT2D eigenvalue weighted by Gasteiger charge is -2.38. The van der Waals surface area contributed by atoms with Crippen molar-refractivity contribution in [1.29, 1.82) is 0 Å². The number of rotatable bonds is 5. The number of hydrogen-bond acceptors (Lipinski definition) is 5. The summed E-state index contributed by atoms with van der Waals surface area (Å²) in [4.78, 5) is 28.1. The Bertz CT molecular complexity index is 1030. The van der Waals surface area contributed by atoms with E-state index >= 15 is 0 Å². The summed E-state index contributed by atoms with van der Waals surface area (Å²) < 4.78 is 16.3. The molecule has 0 fully saturated rings. The largest absolute Gasteiger partial charge is 0.497 e. The van der Waals surface area contributed by atoms with Gasteiger partial charge in [0.25, 0.3) is 0 Å². The minimum absolute atomic E-state index is 0.0495. The van der Waals surface area contributed by atoms with E-state index in [1.807, 2.05) is 42.5 Å². The Hall–Kier alpha value is -3.28. The van der Waals surface area contributed by atoms with Crippen LogP contribution in [0.1, 0.15) is 37.2 Å². The van der Waals surface area contributed by atoms with E-state index in [2.05, 4.69) is 0 Å². The van der Waals surface area contributed by atoms with Gasteiger partial charge in [-0.15, -0.1) is 0 Å². The van der Waals surface area contributed by atoms with Crippen LogP contribution in [0, 0.1) is 0 Å². The Morgan fingerprint density at radius 3 is 2.40 bits per heavy atom. The first-order chi connectivity index (χ1) is 14.6. The van der Waals surface area contributed by atoms with Crippen LogP contribution in [0.3, 0.4) is 0 Å². The number of nitrogens with zero attached hydrogens (tertiary/aromatic N) is 1. The number of carbonyl (C=O) groups is 2. The SMILES string of the molecule is COc1cccc(N2C(=O)CC(c3cc(OC)ccc3OC)C3=C2CCCC3=O)c1. The van der Waals surface area contributed by atoms with Gasteiger partial charge in [0.2, 0.25) is 5.91 Å². The van der Waals surface area contributed by atoms with Crippen molar-refractivity contribution in [3.05, 3.63) is 59.3 Å². The zero-order chi connectivity index (χ0) is 21.3. The molecule has 2 aliphatic rings. The molecule has 30 heavy (non-hydrogen) atoms. The van der Waals surface area contributed by atoms with E-state index in [0.29, 0.717) is 35.7 Å². The van der Waals surface area contributed by atoms with E-state index < -0.39 is 0 Å². The summed E-state index contributed by atoms with van der Waals surface area (Å²) in [5.41, 5.74) is 3.01. The highest BCUT2D eigenvalue weighted by atomic mass is 16.5. The Labute approximate surface area is 176 Å². The second-order valence-corrected chi connectivity index (χ2v) is 7.43. The van der Waals surface area contributed by atoms with Gasteiger partial charge in [0.15, 0.2) is 5.78 Å². The number of ether oxygens (including phenoxy) is 3. The van der Waals surface area contributed by atoms with Gasteiger partial charge in [-0.25, -0.2) is 0 Å². The molecule has 4 rings (SSSR count). The van der Waals surface area contributed by atoms with E-state index in [1.54, 1.807) is 26.2 Å². The van der Waals surface area contributed by atoms with E-state index in [0.717, 1.165) is 23.4 Å². The van der Waals surface area contributed by atoms with Crippen molar-refractivity contribution in [2.75, 3.05) is 26.2 Å². The number of methoxy groups -OCH3 is 3. The molecule has 1 heterocycles.